The molecule has 0 unspecified atom stereocenters. The van der Waals surface area contributed by atoms with E-state index < -0.39 is 10.0 Å². The van der Waals surface area contributed by atoms with Gasteiger partial charge in [0.1, 0.15) is 22.1 Å². The van der Waals surface area contributed by atoms with Gasteiger partial charge in [0.15, 0.2) is 0 Å². The third-order valence-corrected chi connectivity index (χ3v) is 6.12. The molecule has 0 spiro atoms. The predicted octanol–water partition coefficient (Wildman–Crippen LogP) is 3.37. The summed E-state index contributed by atoms with van der Waals surface area (Å²) in [6.45, 7) is 4.06. The number of hydrogen-bond donors (Lipinski definition) is 1. The molecule has 8 nitrogen and oxygen atoms in total. The van der Waals surface area contributed by atoms with Gasteiger partial charge in [-0.1, -0.05) is 12.1 Å². The van der Waals surface area contributed by atoms with E-state index in [2.05, 4.69) is 9.82 Å². The number of benzene rings is 2. The Labute approximate surface area is 176 Å². The van der Waals surface area contributed by atoms with Crippen LogP contribution in [0, 0.1) is 13.8 Å². The molecule has 0 bridgehead atoms. The number of sulfonamides is 1. The van der Waals surface area contributed by atoms with E-state index in [0.717, 1.165) is 11.3 Å². The van der Waals surface area contributed by atoms with Gasteiger partial charge in [-0.25, -0.2) is 8.42 Å². The van der Waals surface area contributed by atoms with E-state index in [4.69, 9.17) is 14.2 Å². The van der Waals surface area contributed by atoms with Gasteiger partial charge >= 0.3 is 0 Å². The minimum absolute atomic E-state index is 0.0105. The number of nitrogens with one attached hydrogen (secondary N) is 1. The molecule has 0 fully saturated rings. The summed E-state index contributed by atoms with van der Waals surface area (Å²) in [4.78, 5) is -0.0105. The molecule has 0 saturated heterocycles. The van der Waals surface area contributed by atoms with Crippen molar-refractivity contribution in [2.45, 2.75) is 25.3 Å². The zero-order chi connectivity index (χ0) is 21.9. The Morgan fingerprint density at radius 1 is 0.967 bits per heavy atom. The van der Waals surface area contributed by atoms with Gasteiger partial charge in [-0.3, -0.25) is 9.40 Å². The van der Waals surface area contributed by atoms with Gasteiger partial charge in [0.05, 0.1) is 44.9 Å². The number of hydrogen-bond acceptors (Lipinski definition) is 6. The van der Waals surface area contributed by atoms with Crippen molar-refractivity contribution < 1.29 is 22.6 Å². The second kappa shape index (κ2) is 8.66. The summed E-state index contributed by atoms with van der Waals surface area (Å²) in [6, 6.07) is 12.3. The molecule has 0 aliphatic carbocycles. The molecule has 0 atom stereocenters. The van der Waals surface area contributed by atoms with Crippen molar-refractivity contribution >= 4 is 15.7 Å². The molecule has 9 heteroatoms. The first-order chi connectivity index (χ1) is 14.3. The van der Waals surface area contributed by atoms with Crippen LogP contribution in [-0.4, -0.2) is 39.5 Å². The Hall–Kier alpha value is -3.20. The van der Waals surface area contributed by atoms with Gasteiger partial charge in [-0.2, -0.15) is 5.10 Å². The highest BCUT2D eigenvalue weighted by Crippen LogP contribution is 2.31. The molecule has 1 heterocycles. The highest BCUT2D eigenvalue weighted by atomic mass is 32.2. The summed E-state index contributed by atoms with van der Waals surface area (Å²) in [5, 5.41) is 4.51. The van der Waals surface area contributed by atoms with Crippen LogP contribution in [0.3, 0.4) is 0 Å². The lowest BCUT2D eigenvalue weighted by Crippen LogP contribution is -2.15. The lowest BCUT2D eigenvalue weighted by Gasteiger charge is -2.13. The van der Waals surface area contributed by atoms with Crippen molar-refractivity contribution in [2.24, 2.45) is 0 Å². The monoisotopic (exact) mass is 431 g/mol. The van der Waals surface area contributed by atoms with Crippen molar-refractivity contribution in [1.82, 2.24) is 9.78 Å². The molecule has 1 N–H and O–H groups in total. The minimum Gasteiger partial charge on any atom is -0.497 e. The van der Waals surface area contributed by atoms with Crippen LogP contribution in [0.5, 0.6) is 17.2 Å². The van der Waals surface area contributed by atoms with Gasteiger partial charge in [-0.05, 0) is 43.7 Å². The van der Waals surface area contributed by atoms with Crippen LogP contribution in [0.2, 0.25) is 0 Å². The van der Waals surface area contributed by atoms with E-state index in [-0.39, 0.29) is 10.6 Å². The second-order valence-corrected chi connectivity index (χ2v) is 8.33. The van der Waals surface area contributed by atoms with Crippen molar-refractivity contribution in [3.63, 3.8) is 0 Å². The summed E-state index contributed by atoms with van der Waals surface area (Å²) in [5.74, 6) is 1.39. The van der Waals surface area contributed by atoms with Gasteiger partial charge in [0.2, 0.25) is 0 Å². The first-order valence-electron chi connectivity index (χ1n) is 9.21. The number of rotatable bonds is 8. The van der Waals surface area contributed by atoms with Gasteiger partial charge in [0.25, 0.3) is 10.0 Å². The maximum Gasteiger partial charge on any atom is 0.265 e. The molecule has 0 aliphatic heterocycles. The molecule has 0 saturated carbocycles. The fourth-order valence-electron chi connectivity index (χ4n) is 3.13. The van der Waals surface area contributed by atoms with Crippen LogP contribution in [0.4, 0.5) is 5.69 Å². The van der Waals surface area contributed by atoms with Crippen LogP contribution in [0.15, 0.2) is 47.4 Å². The summed E-state index contributed by atoms with van der Waals surface area (Å²) in [6.07, 6.45) is 0. The van der Waals surface area contributed by atoms with E-state index in [1.165, 1.54) is 20.3 Å². The van der Waals surface area contributed by atoms with Crippen LogP contribution in [-0.2, 0) is 16.6 Å². The number of methoxy groups -OCH3 is 3. The molecule has 30 heavy (non-hydrogen) atoms. The lowest BCUT2D eigenvalue weighted by atomic mass is 10.2. The zero-order valence-electron chi connectivity index (χ0n) is 17.6. The molecule has 1 aromatic heterocycles. The number of ether oxygens (including phenoxy) is 3. The fraction of sp³-hybridized carbons (Fsp3) is 0.286. The molecule has 160 valence electrons. The topological polar surface area (TPSA) is 91.7 Å². The summed E-state index contributed by atoms with van der Waals surface area (Å²) >= 11 is 0. The average molecular weight is 432 g/mol. The van der Waals surface area contributed by atoms with Gasteiger partial charge in [-0.15, -0.1) is 0 Å². The van der Waals surface area contributed by atoms with E-state index in [0.29, 0.717) is 29.4 Å². The maximum atomic E-state index is 13.1. The van der Waals surface area contributed by atoms with Crippen molar-refractivity contribution in [1.29, 1.82) is 0 Å². The zero-order valence-corrected chi connectivity index (χ0v) is 18.4. The second-order valence-electron chi connectivity index (χ2n) is 6.68. The molecule has 0 amide bonds. The minimum atomic E-state index is -3.93. The molecule has 3 rings (SSSR count). The van der Waals surface area contributed by atoms with Crippen molar-refractivity contribution in [3.8, 4) is 17.2 Å². The van der Waals surface area contributed by atoms with Crippen molar-refractivity contribution in [2.75, 3.05) is 26.1 Å². The Kier molecular flexibility index (Phi) is 6.21. The highest BCUT2D eigenvalue weighted by Gasteiger charge is 2.24. The molecule has 2 aromatic carbocycles. The summed E-state index contributed by atoms with van der Waals surface area (Å²) in [5.41, 5.74) is 2.69. The molecular weight excluding hydrogens is 406 g/mol. The Morgan fingerprint density at radius 2 is 1.67 bits per heavy atom. The van der Waals surface area contributed by atoms with Crippen molar-refractivity contribution in [3.05, 3.63) is 59.4 Å². The molecule has 0 radical (unpaired) electrons. The average Bonchev–Trinajstić information content (AvgIpc) is 3.00. The largest absolute Gasteiger partial charge is 0.497 e. The third-order valence-electron chi connectivity index (χ3n) is 4.74. The first kappa shape index (κ1) is 21.5. The smallest absolute Gasteiger partial charge is 0.265 e. The molecular formula is C21H25N3O5S. The highest BCUT2D eigenvalue weighted by molar-refractivity contribution is 7.92. The lowest BCUT2D eigenvalue weighted by molar-refractivity contribution is 0.392. The number of aryl methyl sites for hydroxylation is 1. The number of aromatic nitrogens is 2. The van der Waals surface area contributed by atoms with E-state index in [9.17, 15) is 8.42 Å². The van der Waals surface area contributed by atoms with Crippen LogP contribution in [0.25, 0.3) is 0 Å². The number of anilines is 1. The SMILES string of the molecule is COc1cccc(Cn2nc(C)c(NS(=O)(=O)c3cc(OC)ccc3OC)c2C)c1. The first-order valence-corrected chi connectivity index (χ1v) is 10.7. The fourth-order valence-corrected chi connectivity index (χ4v) is 4.49. The van der Waals surface area contributed by atoms with Crippen LogP contribution >= 0.6 is 0 Å². The summed E-state index contributed by atoms with van der Waals surface area (Å²) < 4.78 is 46.3. The van der Waals surface area contributed by atoms with E-state index >= 15 is 0 Å². The number of nitrogens with zero attached hydrogens (tertiary/aromatic N) is 2. The standard InChI is InChI=1S/C21H25N3O5S/c1-14-21(15(2)24(22-14)13-16-7-6-8-17(11-16)27-3)23-30(25,26)20-12-18(28-4)9-10-19(20)29-5/h6-12,23H,13H2,1-5H3. The van der Waals surface area contributed by atoms with Crippen LogP contribution in [0.1, 0.15) is 17.0 Å². The quantitative estimate of drug-likeness (QED) is 0.588. The van der Waals surface area contributed by atoms with Gasteiger partial charge < -0.3 is 14.2 Å². The van der Waals surface area contributed by atoms with Crippen LogP contribution < -0.4 is 18.9 Å². The molecule has 0 aliphatic rings. The third kappa shape index (κ3) is 4.35. The maximum absolute atomic E-state index is 13.1. The van der Waals surface area contributed by atoms with E-state index in [1.54, 1.807) is 30.8 Å². The Morgan fingerprint density at radius 3 is 2.33 bits per heavy atom. The Bertz CT molecular complexity index is 1160. The predicted molar refractivity (Wildman–Crippen MR) is 114 cm³/mol. The summed E-state index contributed by atoms with van der Waals surface area (Å²) in [7, 11) is 0.576. The molecule has 3 aromatic rings. The van der Waals surface area contributed by atoms with E-state index in [1.807, 2.05) is 31.2 Å². The Balaban J connectivity index is 1.94. The van der Waals surface area contributed by atoms with Gasteiger partial charge in [0, 0.05) is 6.07 Å². The normalized spacial score (nSPS) is 11.2.